The van der Waals surface area contributed by atoms with E-state index in [1.54, 1.807) is 13.1 Å². The van der Waals surface area contributed by atoms with Gasteiger partial charge in [0.1, 0.15) is 4.90 Å². The van der Waals surface area contributed by atoms with Crippen molar-refractivity contribution in [3.63, 3.8) is 0 Å². The van der Waals surface area contributed by atoms with E-state index < -0.39 is 10.0 Å². The van der Waals surface area contributed by atoms with Crippen LogP contribution in [0.5, 0.6) is 0 Å². The second-order valence-corrected chi connectivity index (χ2v) is 8.95. The van der Waals surface area contributed by atoms with Crippen molar-refractivity contribution in [3.05, 3.63) is 28.2 Å². The molecule has 2 rings (SSSR count). The van der Waals surface area contributed by atoms with E-state index >= 15 is 0 Å². The molecule has 0 spiro atoms. The third kappa shape index (κ3) is 3.33. The fourth-order valence-electron chi connectivity index (χ4n) is 2.48. The molecular weight excluding hydrogens is 385 g/mol. The topological polar surface area (TPSA) is 37.4 Å². The van der Waals surface area contributed by atoms with Crippen molar-refractivity contribution in [1.82, 2.24) is 4.31 Å². The van der Waals surface area contributed by atoms with Crippen LogP contribution in [-0.4, -0.2) is 30.6 Å². The highest BCUT2D eigenvalue weighted by molar-refractivity contribution is 9.09. The van der Waals surface area contributed by atoms with Crippen LogP contribution in [0.15, 0.2) is 23.1 Å². The monoisotopic (exact) mass is 399 g/mol. The normalized spacial score (nSPS) is 24.1. The molecule has 0 aliphatic heterocycles. The standard InChI is InChI=1S/C13H16BrCl2NO2S/c1-17(12-5-3-2-4-10(12)14)20(18,19)13-8-9(15)6-7-11(13)16/h6-8,10,12H,2-5H2,1H3. The van der Waals surface area contributed by atoms with Crippen LogP contribution in [-0.2, 0) is 10.0 Å². The summed E-state index contributed by atoms with van der Waals surface area (Å²) >= 11 is 15.5. The Morgan fingerprint density at radius 1 is 1.25 bits per heavy atom. The Labute approximate surface area is 138 Å². The maximum Gasteiger partial charge on any atom is 0.244 e. The third-order valence-electron chi connectivity index (χ3n) is 3.66. The lowest BCUT2D eigenvalue weighted by molar-refractivity contribution is 0.297. The fraction of sp³-hybridized carbons (Fsp3) is 0.538. The lowest BCUT2D eigenvalue weighted by Crippen LogP contribution is -2.44. The molecule has 2 unspecified atom stereocenters. The van der Waals surface area contributed by atoms with Crippen molar-refractivity contribution in [1.29, 1.82) is 0 Å². The number of hydrogen-bond acceptors (Lipinski definition) is 2. The Bertz CT molecular complexity index is 594. The van der Waals surface area contributed by atoms with Gasteiger partial charge in [-0.05, 0) is 31.0 Å². The Kier molecular flexibility index (Phi) is 5.40. The molecule has 1 aromatic rings. The first kappa shape index (κ1) is 16.6. The largest absolute Gasteiger partial charge is 0.244 e. The summed E-state index contributed by atoms with van der Waals surface area (Å²) in [6.07, 6.45) is 3.99. The Morgan fingerprint density at radius 2 is 1.90 bits per heavy atom. The molecule has 1 fully saturated rings. The van der Waals surface area contributed by atoms with E-state index in [1.807, 2.05) is 0 Å². The van der Waals surface area contributed by atoms with Crippen LogP contribution < -0.4 is 0 Å². The van der Waals surface area contributed by atoms with E-state index in [-0.39, 0.29) is 20.8 Å². The molecule has 0 heterocycles. The van der Waals surface area contributed by atoms with Gasteiger partial charge < -0.3 is 0 Å². The predicted octanol–water partition coefficient (Wildman–Crippen LogP) is 4.32. The molecule has 3 nitrogen and oxygen atoms in total. The lowest BCUT2D eigenvalue weighted by atomic mass is 9.96. The second kappa shape index (κ2) is 6.53. The summed E-state index contributed by atoms with van der Waals surface area (Å²) in [6, 6.07) is 4.44. The van der Waals surface area contributed by atoms with Gasteiger partial charge in [0.05, 0.1) is 5.02 Å². The summed E-state index contributed by atoms with van der Waals surface area (Å²) < 4.78 is 26.8. The van der Waals surface area contributed by atoms with Gasteiger partial charge in [-0.3, -0.25) is 0 Å². The van der Waals surface area contributed by atoms with Gasteiger partial charge in [0.2, 0.25) is 10.0 Å². The number of alkyl halides is 1. The Morgan fingerprint density at radius 3 is 2.55 bits per heavy atom. The van der Waals surface area contributed by atoms with Crippen LogP contribution in [0, 0.1) is 0 Å². The van der Waals surface area contributed by atoms with E-state index in [0.717, 1.165) is 25.7 Å². The van der Waals surface area contributed by atoms with E-state index in [9.17, 15) is 8.42 Å². The zero-order valence-corrected chi connectivity index (χ0v) is 14.9. The van der Waals surface area contributed by atoms with E-state index in [0.29, 0.717) is 5.02 Å². The highest BCUT2D eigenvalue weighted by Gasteiger charge is 2.34. The first-order valence-corrected chi connectivity index (χ1v) is 9.52. The molecule has 1 saturated carbocycles. The van der Waals surface area contributed by atoms with Crippen molar-refractivity contribution in [2.45, 2.75) is 41.4 Å². The molecule has 7 heteroatoms. The van der Waals surface area contributed by atoms with Crippen LogP contribution in [0.4, 0.5) is 0 Å². The molecule has 0 N–H and O–H groups in total. The molecule has 1 aromatic carbocycles. The van der Waals surface area contributed by atoms with Gasteiger partial charge in [-0.1, -0.05) is 52.0 Å². The second-order valence-electron chi connectivity index (χ2n) is 4.96. The zero-order valence-electron chi connectivity index (χ0n) is 11.0. The van der Waals surface area contributed by atoms with Crippen LogP contribution in [0.1, 0.15) is 25.7 Å². The molecule has 0 bridgehead atoms. The van der Waals surface area contributed by atoms with Crippen molar-refractivity contribution in [3.8, 4) is 0 Å². The van der Waals surface area contributed by atoms with Crippen LogP contribution >= 0.6 is 39.1 Å². The van der Waals surface area contributed by atoms with Gasteiger partial charge >= 0.3 is 0 Å². The van der Waals surface area contributed by atoms with E-state index in [2.05, 4.69) is 15.9 Å². The quantitative estimate of drug-likeness (QED) is 0.708. The first-order chi connectivity index (χ1) is 9.34. The molecule has 1 aliphatic carbocycles. The highest BCUT2D eigenvalue weighted by atomic mass is 79.9. The molecule has 0 amide bonds. The van der Waals surface area contributed by atoms with E-state index in [1.165, 1.54) is 16.4 Å². The van der Waals surface area contributed by atoms with Crippen molar-refractivity contribution < 1.29 is 8.42 Å². The van der Waals surface area contributed by atoms with Gasteiger partial charge in [-0.2, -0.15) is 4.31 Å². The Hall–Kier alpha value is 0.190. The maximum absolute atomic E-state index is 12.7. The number of hydrogen-bond donors (Lipinski definition) is 0. The molecule has 0 aromatic heterocycles. The molecule has 0 saturated heterocycles. The number of halogens is 3. The van der Waals surface area contributed by atoms with Gasteiger partial charge in [0, 0.05) is 22.9 Å². The van der Waals surface area contributed by atoms with Crippen molar-refractivity contribution in [2.24, 2.45) is 0 Å². The molecule has 0 radical (unpaired) electrons. The summed E-state index contributed by atoms with van der Waals surface area (Å²) in [5.41, 5.74) is 0. The summed E-state index contributed by atoms with van der Waals surface area (Å²) in [5.74, 6) is 0. The summed E-state index contributed by atoms with van der Waals surface area (Å²) in [4.78, 5) is 0.244. The summed E-state index contributed by atoms with van der Waals surface area (Å²) in [5, 5.41) is 0.559. The van der Waals surface area contributed by atoms with Gasteiger partial charge in [0.25, 0.3) is 0 Å². The summed E-state index contributed by atoms with van der Waals surface area (Å²) in [7, 11) is -2.03. The number of benzene rings is 1. The lowest BCUT2D eigenvalue weighted by Gasteiger charge is -2.34. The fourth-order valence-corrected chi connectivity index (χ4v) is 5.74. The van der Waals surface area contributed by atoms with Gasteiger partial charge in [0.15, 0.2) is 0 Å². The minimum absolute atomic E-state index is 0.0520. The molecule has 20 heavy (non-hydrogen) atoms. The number of rotatable bonds is 3. The van der Waals surface area contributed by atoms with Crippen LogP contribution in [0.25, 0.3) is 0 Å². The van der Waals surface area contributed by atoms with Crippen molar-refractivity contribution in [2.75, 3.05) is 7.05 Å². The average molecular weight is 401 g/mol. The highest BCUT2D eigenvalue weighted by Crippen LogP contribution is 2.33. The number of nitrogens with zero attached hydrogens (tertiary/aromatic N) is 1. The minimum atomic E-state index is -3.64. The van der Waals surface area contributed by atoms with E-state index in [4.69, 9.17) is 23.2 Å². The predicted molar refractivity (Wildman–Crippen MR) is 86.4 cm³/mol. The Balaban J connectivity index is 2.36. The minimum Gasteiger partial charge on any atom is -0.207 e. The molecular formula is C13H16BrCl2NO2S. The van der Waals surface area contributed by atoms with Crippen molar-refractivity contribution >= 4 is 49.2 Å². The molecule has 112 valence electrons. The molecule has 2 atom stereocenters. The maximum atomic E-state index is 12.7. The van der Waals surface area contributed by atoms with Gasteiger partial charge in [-0.25, -0.2) is 8.42 Å². The van der Waals surface area contributed by atoms with Crippen LogP contribution in [0.2, 0.25) is 10.0 Å². The first-order valence-electron chi connectivity index (χ1n) is 6.41. The van der Waals surface area contributed by atoms with Gasteiger partial charge in [-0.15, -0.1) is 0 Å². The molecule has 1 aliphatic rings. The third-order valence-corrected chi connectivity index (χ3v) is 7.33. The SMILES string of the molecule is CN(C1CCCCC1Br)S(=O)(=O)c1cc(Cl)ccc1Cl. The average Bonchev–Trinajstić information content (AvgIpc) is 2.41. The summed E-state index contributed by atoms with van der Waals surface area (Å²) in [6.45, 7) is 0. The zero-order chi connectivity index (χ0) is 14.9. The smallest absolute Gasteiger partial charge is 0.207 e. The number of sulfonamides is 1. The van der Waals surface area contributed by atoms with Crippen LogP contribution in [0.3, 0.4) is 0 Å².